The maximum atomic E-state index is 5.97. The van der Waals surface area contributed by atoms with Gasteiger partial charge in [0.25, 0.3) is 0 Å². The highest BCUT2D eigenvalue weighted by molar-refractivity contribution is 5.78. The van der Waals surface area contributed by atoms with Gasteiger partial charge in [-0.2, -0.15) is 0 Å². The summed E-state index contributed by atoms with van der Waals surface area (Å²) in [6.45, 7) is 9.96. The van der Waals surface area contributed by atoms with E-state index in [1.54, 1.807) is 0 Å². The van der Waals surface area contributed by atoms with Crippen molar-refractivity contribution >= 4 is 11.0 Å². The minimum absolute atomic E-state index is 0.116. The lowest BCUT2D eigenvalue weighted by molar-refractivity contribution is 0.0571. The largest absolute Gasteiger partial charge is 0.459 e. The first-order valence-corrected chi connectivity index (χ1v) is 7.45. The first-order chi connectivity index (χ1) is 9.60. The van der Waals surface area contributed by atoms with Crippen LogP contribution in [0.5, 0.6) is 0 Å². The van der Waals surface area contributed by atoms with Crippen LogP contribution in [0.1, 0.15) is 44.6 Å². The van der Waals surface area contributed by atoms with E-state index >= 15 is 0 Å². The van der Waals surface area contributed by atoms with E-state index in [1.165, 1.54) is 5.56 Å². The van der Waals surface area contributed by atoms with Crippen LogP contribution >= 0.6 is 0 Å². The number of rotatable bonds is 7. The molecule has 20 heavy (non-hydrogen) atoms. The third kappa shape index (κ3) is 3.84. The van der Waals surface area contributed by atoms with E-state index < -0.39 is 0 Å². The summed E-state index contributed by atoms with van der Waals surface area (Å²) in [6.07, 6.45) is 1.32. The van der Waals surface area contributed by atoms with Gasteiger partial charge < -0.3 is 14.5 Å². The zero-order chi connectivity index (χ0) is 14.5. The Kier molecular flexibility index (Phi) is 5.21. The van der Waals surface area contributed by atoms with E-state index in [0.717, 1.165) is 29.7 Å². The van der Waals surface area contributed by atoms with Crippen LogP contribution < -0.4 is 5.32 Å². The second-order valence-corrected chi connectivity index (χ2v) is 5.58. The van der Waals surface area contributed by atoms with Gasteiger partial charge in [0.2, 0.25) is 0 Å². The van der Waals surface area contributed by atoms with Crippen molar-refractivity contribution in [2.24, 2.45) is 0 Å². The van der Waals surface area contributed by atoms with Gasteiger partial charge in [0, 0.05) is 5.39 Å². The van der Waals surface area contributed by atoms with Gasteiger partial charge in [0.05, 0.1) is 18.8 Å². The number of benzene rings is 1. The highest BCUT2D eigenvalue weighted by Gasteiger charge is 2.16. The van der Waals surface area contributed by atoms with Gasteiger partial charge in [-0.25, -0.2) is 0 Å². The maximum Gasteiger partial charge on any atom is 0.134 e. The lowest BCUT2D eigenvalue weighted by Crippen LogP contribution is -2.27. The zero-order valence-corrected chi connectivity index (χ0v) is 12.9. The average molecular weight is 275 g/mol. The number of hydrogen-bond acceptors (Lipinski definition) is 3. The lowest BCUT2D eigenvalue weighted by atomic mass is 10.1. The van der Waals surface area contributed by atoms with Crippen LogP contribution in [0.4, 0.5) is 0 Å². The SMILES string of the molecule is CCCNC(COC(C)C)c1cc2cc(C)ccc2o1. The van der Waals surface area contributed by atoms with Crippen molar-refractivity contribution in [3.8, 4) is 0 Å². The molecule has 1 aromatic carbocycles. The fraction of sp³-hybridized carbons (Fsp3) is 0.529. The fourth-order valence-corrected chi connectivity index (χ4v) is 2.20. The number of furan rings is 1. The van der Waals surface area contributed by atoms with Crippen molar-refractivity contribution < 1.29 is 9.15 Å². The van der Waals surface area contributed by atoms with E-state index in [1.807, 2.05) is 6.07 Å². The summed E-state index contributed by atoms with van der Waals surface area (Å²) in [4.78, 5) is 0. The molecule has 0 radical (unpaired) electrons. The van der Waals surface area contributed by atoms with Crippen molar-refractivity contribution in [3.63, 3.8) is 0 Å². The van der Waals surface area contributed by atoms with Crippen molar-refractivity contribution in [1.29, 1.82) is 0 Å². The zero-order valence-electron chi connectivity index (χ0n) is 12.9. The van der Waals surface area contributed by atoms with Crippen molar-refractivity contribution in [1.82, 2.24) is 5.32 Å². The smallest absolute Gasteiger partial charge is 0.134 e. The molecule has 1 N–H and O–H groups in total. The predicted molar refractivity (Wildman–Crippen MR) is 83.1 cm³/mol. The molecule has 3 nitrogen and oxygen atoms in total. The van der Waals surface area contributed by atoms with Crippen LogP contribution in [0.3, 0.4) is 0 Å². The van der Waals surface area contributed by atoms with E-state index in [0.29, 0.717) is 6.61 Å². The van der Waals surface area contributed by atoms with Gasteiger partial charge >= 0.3 is 0 Å². The first-order valence-electron chi connectivity index (χ1n) is 7.45. The Labute approximate surface area is 121 Å². The van der Waals surface area contributed by atoms with Crippen LogP contribution in [-0.2, 0) is 4.74 Å². The Morgan fingerprint density at radius 1 is 1.25 bits per heavy atom. The Balaban J connectivity index is 2.20. The quantitative estimate of drug-likeness (QED) is 0.822. The predicted octanol–water partition coefficient (Wildman–Crippen LogP) is 4.21. The molecule has 0 aliphatic heterocycles. The van der Waals surface area contributed by atoms with Crippen LogP contribution in [0.25, 0.3) is 11.0 Å². The molecule has 0 aliphatic carbocycles. The molecule has 110 valence electrons. The van der Waals surface area contributed by atoms with E-state index in [2.05, 4.69) is 51.2 Å². The van der Waals surface area contributed by atoms with E-state index in [9.17, 15) is 0 Å². The molecule has 2 rings (SSSR count). The third-order valence-electron chi connectivity index (χ3n) is 3.27. The van der Waals surface area contributed by atoms with Gasteiger partial charge in [-0.15, -0.1) is 0 Å². The molecule has 1 aromatic heterocycles. The number of fused-ring (bicyclic) bond motifs is 1. The summed E-state index contributed by atoms with van der Waals surface area (Å²) in [5.41, 5.74) is 2.19. The minimum Gasteiger partial charge on any atom is -0.459 e. The van der Waals surface area contributed by atoms with Crippen LogP contribution in [-0.4, -0.2) is 19.3 Å². The topological polar surface area (TPSA) is 34.4 Å². The van der Waals surface area contributed by atoms with Crippen molar-refractivity contribution in [2.45, 2.75) is 46.3 Å². The van der Waals surface area contributed by atoms with Crippen molar-refractivity contribution in [2.75, 3.05) is 13.2 Å². The number of hydrogen-bond donors (Lipinski definition) is 1. The van der Waals surface area contributed by atoms with Gasteiger partial charge in [-0.3, -0.25) is 0 Å². The number of ether oxygens (including phenoxy) is 1. The Morgan fingerprint density at radius 2 is 2.05 bits per heavy atom. The molecule has 1 atom stereocenters. The van der Waals surface area contributed by atoms with Gasteiger partial charge in [-0.05, 0) is 51.9 Å². The van der Waals surface area contributed by atoms with Crippen LogP contribution in [0, 0.1) is 6.92 Å². The Morgan fingerprint density at radius 3 is 2.75 bits per heavy atom. The Hall–Kier alpha value is -1.32. The first kappa shape index (κ1) is 15.1. The highest BCUT2D eigenvalue weighted by Crippen LogP contribution is 2.25. The van der Waals surface area contributed by atoms with Crippen LogP contribution in [0.2, 0.25) is 0 Å². The molecule has 0 amide bonds. The number of aryl methyl sites for hydroxylation is 1. The molecule has 2 aromatic rings. The van der Waals surface area contributed by atoms with Crippen molar-refractivity contribution in [3.05, 3.63) is 35.6 Å². The summed E-state index contributed by atoms with van der Waals surface area (Å²) in [5, 5.41) is 4.66. The monoisotopic (exact) mass is 275 g/mol. The third-order valence-corrected chi connectivity index (χ3v) is 3.27. The molecular formula is C17H25NO2. The van der Waals surface area contributed by atoms with E-state index in [-0.39, 0.29) is 12.1 Å². The molecule has 1 unspecified atom stereocenters. The Bertz CT molecular complexity index is 545. The molecule has 0 fully saturated rings. The molecular weight excluding hydrogens is 250 g/mol. The average Bonchev–Trinajstić information content (AvgIpc) is 2.81. The molecule has 0 aliphatic rings. The van der Waals surface area contributed by atoms with Gasteiger partial charge in [0.15, 0.2) is 0 Å². The number of nitrogens with one attached hydrogen (secondary N) is 1. The minimum atomic E-state index is 0.116. The summed E-state index contributed by atoms with van der Waals surface area (Å²) < 4.78 is 11.7. The maximum absolute atomic E-state index is 5.97. The van der Waals surface area contributed by atoms with Crippen LogP contribution in [0.15, 0.2) is 28.7 Å². The fourth-order valence-electron chi connectivity index (χ4n) is 2.20. The molecule has 0 saturated carbocycles. The summed E-state index contributed by atoms with van der Waals surface area (Å²) in [7, 11) is 0. The standard InChI is InChI=1S/C17H25NO2/c1-5-8-18-15(11-19-12(2)3)17-10-14-9-13(4)6-7-16(14)20-17/h6-7,9-10,12,15,18H,5,8,11H2,1-4H3. The molecule has 1 heterocycles. The highest BCUT2D eigenvalue weighted by atomic mass is 16.5. The normalized spacial score (nSPS) is 13.2. The van der Waals surface area contributed by atoms with E-state index in [4.69, 9.17) is 9.15 Å². The molecule has 0 spiro atoms. The van der Waals surface area contributed by atoms with Gasteiger partial charge in [-0.1, -0.05) is 18.6 Å². The summed E-state index contributed by atoms with van der Waals surface area (Å²) in [5.74, 6) is 0.958. The molecule has 3 heteroatoms. The lowest BCUT2D eigenvalue weighted by Gasteiger charge is -2.17. The molecule has 0 saturated heterocycles. The summed E-state index contributed by atoms with van der Waals surface area (Å²) >= 11 is 0. The second-order valence-electron chi connectivity index (χ2n) is 5.58. The summed E-state index contributed by atoms with van der Waals surface area (Å²) in [6, 6.07) is 8.51. The van der Waals surface area contributed by atoms with Gasteiger partial charge in [0.1, 0.15) is 11.3 Å². The second kappa shape index (κ2) is 6.91. The molecule has 0 bridgehead atoms.